The molecule has 0 saturated carbocycles. The molecule has 0 unspecified atom stereocenters. The lowest BCUT2D eigenvalue weighted by molar-refractivity contribution is -0.383. The lowest BCUT2D eigenvalue weighted by atomic mass is 10.1. The van der Waals surface area contributed by atoms with Crippen molar-refractivity contribution in [2.45, 2.75) is 0 Å². The van der Waals surface area contributed by atoms with Gasteiger partial charge in [0.2, 0.25) is 0 Å². The molecule has 0 aliphatic heterocycles. The Morgan fingerprint density at radius 2 is 2.10 bits per heavy atom. The molecule has 0 atom stereocenters. The maximum Gasteiger partial charge on any atom is 0.295 e. The van der Waals surface area contributed by atoms with Crippen LogP contribution in [-0.2, 0) is 0 Å². The summed E-state index contributed by atoms with van der Waals surface area (Å²) < 4.78 is 1.69. The number of pyridine rings is 1. The van der Waals surface area contributed by atoms with Gasteiger partial charge in [-0.3, -0.25) is 10.1 Å². The zero-order valence-corrected chi connectivity index (χ0v) is 10.2. The molecule has 6 heteroatoms. The van der Waals surface area contributed by atoms with Gasteiger partial charge in [-0.2, -0.15) is 5.26 Å². The second kappa shape index (κ2) is 4.48. The van der Waals surface area contributed by atoms with Gasteiger partial charge in [-0.05, 0) is 18.2 Å². The molecule has 2 heterocycles. The summed E-state index contributed by atoms with van der Waals surface area (Å²) in [7, 11) is 0. The van der Waals surface area contributed by atoms with Crippen LogP contribution in [0.1, 0.15) is 5.69 Å². The number of nitro benzene ring substituents is 1. The van der Waals surface area contributed by atoms with Crippen molar-refractivity contribution >= 4 is 16.6 Å². The van der Waals surface area contributed by atoms with Crippen molar-refractivity contribution in [3.63, 3.8) is 0 Å². The average molecular weight is 264 g/mol. The van der Waals surface area contributed by atoms with Crippen molar-refractivity contribution in [2.75, 3.05) is 0 Å². The topological polar surface area (TPSA) is 84.8 Å². The minimum Gasteiger partial charge on any atom is -0.308 e. The quantitative estimate of drug-likeness (QED) is 0.526. The van der Waals surface area contributed by atoms with E-state index in [1.807, 2.05) is 0 Å². The highest BCUT2D eigenvalue weighted by Crippen LogP contribution is 2.28. The van der Waals surface area contributed by atoms with Gasteiger partial charge in [0.1, 0.15) is 17.3 Å². The third kappa shape index (κ3) is 1.69. The minimum absolute atomic E-state index is 0.0463. The van der Waals surface area contributed by atoms with Crippen LogP contribution in [0.3, 0.4) is 0 Å². The molecule has 0 radical (unpaired) electrons. The number of hydrogen-bond acceptors (Lipinski definition) is 4. The Morgan fingerprint density at radius 3 is 2.85 bits per heavy atom. The van der Waals surface area contributed by atoms with Crippen LogP contribution in [0.4, 0.5) is 5.69 Å². The Kier molecular flexibility index (Phi) is 2.66. The molecule has 2 aromatic heterocycles. The summed E-state index contributed by atoms with van der Waals surface area (Å²) in [6, 6.07) is 12.0. The largest absolute Gasteiger partial charge is 0.308 e. The van der Waals surface area contributed by atoms with Gasteiger partial charge in [0.15, 0.2) is 0 Å². The molecule has 20 heavy (non-hydrogen) atoms. The first-order valence-electron chi connectivity index (χ1n) is 5.82. The first-order chi connectivity index (χ1) is 9.72. The van der Waals surface area contributed by atoms with Crippen LogP contribution >= 0.6 is 0 Å². The predicted molar refractivity (Wildman–Crippen MR) is 72.4 cm³/mol. The molecule has 0 aliphatic carbocycles. The highest BCUT2D eigenvalue weighted by Gasteiger charge is 2.15. The molecule has 0 amide bonds. The van der Waals surface area contributed by atoms with Crippen molar-refractivity contribution in [1.29, 1.82) is 5.26 Å². The summed E-state index contributed by atoms with van der Waals surface area (Å²) in [6.45, 7) is 0. The summed E-state index contributed by atoms with van der Waals surface area (Å²) in [5, 5.41) is 20.8. The number of nitro groups is 1. The number of fused-ring (bicyclic) bond motifs is 1. The van der Waals surface area contributed by atoms with Crippen LogP contribution in [0.25, 0.3) is 16.6 Å². The van der Waals surface area contributed by atoms with E-state index in [0.717, 1.165) is 0 Å². The van der Waals surface area contributed by atoms with Crippen molar-refractivity contribution in [1.82, 2.24) is 9.55 Å². The fraction of sp³-hybridized carbons (Fsp3) is 0. The van der Waals surface area contributed by atoms with E-state index in [-0.39, 0.29) is 5.69 Å². The van der Waals surface area contributed by atoms with E-state index in [0.29, 0.717) is 22.3 Å². The fourth-order valence-electron chi connectivity index (χ4n) is 2.19. The first kappa shape index (κ1) is 11.9. The number of aromatic nitrogens is 2. The van der Waals surface area contributed by atoms with Crippen LogP contribution in [0, 0.1) is 21.4 Å². The van der Waals surface area contributed by atoms with Gasteiger partial charge >= 0.3 is 0 Å². The van der Waals surface area contributed by atoms with Gasteiger partial charge in [0, 0.05) is 23.8 Å². The summed E-state index contributed by atoms with van der Waals surface area (Å²) in [5.74, 6) is 0. The molecule has 6 nitrogen and oxygen atoms in total. The van der Waals surface area contributed by atoms with Crippen molar-refractivity contribution in [3.8, 4) is 11.8 Å². The Hall–Kier alpha value is -3.20. The SMILES string of the molecule is N#Cc1cccn1-c1ccnc2c([N+](=O)[O-])cccc12. The van der Waals surface area contributed by atoms with Crippen molar-refractivity contribution < 1.29 is 4.92 Å². The third-order valence-corrected chi connectivity index (χ3v) is 3.05. The summed E-state index contributed by atoms with van der Waals surface area (Å²) in [5.41, 5.74) is 1.42. The van der Waals surface area contributed by atoms with Crippen LogP contribution in [0.2, 0.25) is 0 Å². The Bertz CT molecular complexity index is 861. The van der Waals surface area contributed by atoms with Crippen LogP contribution in [0.5, 0.6) is 0 Å². The monoisotopic (exact) mass is 264 g/mol. The second-order valence-corrected chi connectivity index (χ2v) is 4.14. The maximum atomic E-state index is 11.0. The van der Waals surface area contributed by atoms with E-state index in [9.17, 15) is 10.1 Å². The molecule has 0 spiro atoms. The van der Waals surface area contributed by atoms with Gasteiger partial charge in [-0.1, -0.05) is 12.1 Å². The summed E-state index contributed by atoms with van der Waals surface area (Å²) in [6.07, 6.45) is 3.25. The Balaban J connectivity index is 2.37. The molecule has 3 aromatic rings. The van der Waals surface area contributed by atoms with Crippen LogP contribution in [-0.4, -0.2) is 14.5 Å². The maximum absolute atomic E-state index is 11.0. The normalized spacial score (nSPS) is 10.3. The smallest absolute Gasteiger partial charge is 0.295 e. The molecule has 0 aliphatic rings. The van der Waals surface area contributed by atoms with Gasteiger partial charge < -0.3 is 4.57 Å². The van der Waals surface area contributed by atoms with E-state index < -0.39 is 4.92 Å². The number of benzene rings is 1. The van der Waals surface area contributed by atoms with E-state index in [4.69, 9.17) is 5.26 Å². The molecule has 0 N–H and O–H groups in total. The fourth-order valence-corrected chi connectivity index (χ4v) is 2.19. The number of rotatable bonds is 2. The van der Waals surface area contributed by atoms with E-state index >= 15 is 0 Å². The molecule has 96 valence electrons. The van der Waals surface area contributed by atoms with Gasteiger partial charge in [-0.15, -0.1) is 0 Å². The average Bonchev–Trinajstić information content (AvgIpc) is 2.94. The number of para-hydroxylation sites is 1. The Morgan fingerprint density at radius 1 is 1.25 bits per heavy atom. The van der Waals surface area contributed by atoms with E-state index in [1.54, 1.807) is 41.1 Å². The van der Waals surface area contributed by atoms with Gasteiger partial charge in [0.25, 0.3) is 5.69 Å². The zero-order chi connectivity index (χ0) is 14.1. The lowest BCUT2D eigenvalue weighted by Crippen LogP contribution is -1.99. The van der Waals surface area contributed by atoms with E-state index in [2.05, 4.69) is 11.1 Å². The molecule has 0 fully saturated rings. The first-order valence-corrected chi connectivity index (χ1v) is 5.82. The number of nitriles is 1. The lowest BCUT2D eigenvalue weighted by Gasteiger charge is -2.08. The molecule has 0 bridgehead atoms. The molecular weight excluding hydrogens is 256 g/mol. The molecule has 1 aromatic carbocycles. The molecule has 0 saturated heterocycles. The zero-order valence-electron chi connectivity index (χ0n) is 10.2. The van der Waals surface area contributed by atoms with Crippen molar-refractivity contribution in [2.24, 2.45) is 0 Å². The predicted octanol–water partition coefficient (Wildman–Crippen LogP) is 2.81. The van der Waals surface area contributed by atoms with Crippen LogP contribution < -0.4 is 0 Å². The van der Waals surface area contributed by atoms with E-state index in [1.165, 1.54) is 12.3 Å². The van der Waals surface area contributed by atoms with Gasteiger partial charge in [0.05, 0.1) is 10.6 Å². The molecular formula is C14H8N4O2. The Labute approximate surface area is 113 Å². The second-order valence-electron chi connectivity index (χ2n) is 4.14. The van der Waals surface area contributed by atoms with Crippen molar-refractivity contribution in [3.05, 3.63) is 64.6 Å². The summed E-state index contributed by atoms with van der Waals surface area (Å²) in [4.78, 5) is 14.7. The highest BCUT2D eigenvalue weighted by atomic mass is 16.6. The highest BCUT2D eigenvalue weighted by molar-refractivity contribution is 5.93. The van der Waals surface area contributed by atoms with Gasteiger partial charge in [-0.25, -0.2) is 4.98 Å². The van der Waals surface area contributed by atoms with Crippen LogP contribution in [0.15, 0.2) is 48.8 Å². The number of nitrogens with zero attached hydrogens (tertiary/aromatic N) is 4. The minimum atomic E-state index is -0.458. The molecule has 3 rings (SSSR count). The number of hydrogen-bond donors (Lipinski definition) is 0. The third-order valence-electron chi connectivity index (χ3n) is 3.05. The number of non-ortho nitro benzene ring substituents is 1. The summed E-state index contributed by atoms with van der Waals surface area (Å²) >= 11 is 0. The standard InChI is InChI=1S/C14H8N4O2/c15-9-10-3-2-8-17(10)12-6-7-16-14-11(12)4-1-5-13(14)18(19)20/h1-8H.